The number of aryl methyl sites for hydroxylation is 1. The predicted molar refractivity (Wildman–Crippen MR) is 74.3 cm³/mol. The molecule has 1 unspecified atom stereocenters. The Labute approximate surface area is 119 Å². The van der Waals surface area contributed by atoms with Crippen LogP contribution in [0.5, 0.6) is 0 Å². The van der Waals surface area contributed by atoms with Gasteiger partial charge in [0, 0.05) is 13.1 Å². The highest BCUT2D eigenvalue weighted by Gasteiger charge is 2.31. The first-order valence-corrected chi connectivity index (χ1v) is 8.20. The molecule has 112 valence electrons. The van der Waals surface area contributed by atoms with Crippen molar-refractivity contribution in [2.24, 2.45) is 5.92 Å². The molecule has 1 atom stereocenters. The molecular formula is C14H20FNO3S. The van der Waals surface area contributed by atoms with Gasteiger partial charge in [-0.05, 0) is 50.3 Å². The molecule has 1 heterocycles. The van der Waals surface area contributed by atoms with Crippen LogP contribution in [0.2, 0.25) is 0 Å². The zero-order chi connectivity index (χ0) is 14.9. The third kappa shape index (κ3) is 3.02. The van der Waals surface area contributed by atoms with Gasteiger partial charge in [-0.2, -0.15) is 4.31 Å². The van der Waals surface area contributed by atoms with E-state index >= 15 is 0 Å². The van der Waals surface area contributed by atoms with Crippen molar-refractivity contribution in [1.29, 1.82) is 0 Å². The molecule has 6 heteroatoms. The van der Waals surface area contributed by atoms with Crippen molar-refractivity contribution in [3.8, 4) is 0 Å². The van der Waals surface area contributed by atoms with E-state index in [1.807, 2.05) is 0 Å². The number of rotatable bonds is 3. The highest BCUT2D eigenvalue weighted by atomic mass is 32.2. The average molecular weight is 301 g/mol. The summed E-state index contributed by atoms with van der Waals surface area (Å²) < 4.78 is 39.7. The van der Waals surface area contributed by atoms with Gasteiger partial charge in [-0.3, -0.25) is 0 Å². The predicted octanol–water partition coefficient (Wildman–Crippen LogP) is 1.92. The van der Waals surface area contributed by atoms with Crippen molar-refractivity contribution in [3.05, 3.63) is 29.6 Å². The Bertz CT molecular complexity index is 578. The van der Waals surface area contributed by atoms with Crippen LogP contribution in [0.4, 0.5) is 4.39 Å². The second-order valence-corrected chi connectivity index (χ2v) is 7.30. The van der Waals surface area contributed by atoms with Gasteiger partial charge in [0.1, 0.15) is 5.82 Å². The van der Waals surface area contributed by atoms with Gasteiger partial charge in [-0.15, -0.1) is 0 Å². The van der Waals surface area contributed by atoms with Gasteiger partial charge in [0.2, 0.25) is 10.0 Å². The molecule has 0 bridgehead atoms. The fourth-order valence-electron chi connectivity index (χ4n) is 2.59. The van der Waals surface area contributed by atoms with Crippen LogP contribution < -0.4 is 0 Å². The van der Waals surface area contributed by atoms with Gasteiger partial charge >= 0.3 is 0 Å². The topological polar surface area (TPSA) is 57.6 Å². The van der Waals surface area contributed by atoms with Crippen molar-refractivity contribution in [2.45, 2.75) is 37.7 Å². The molecule has 1 aromatic rings. The van der Waals surface area contributed by atoms with Crippen LogP contribution in [0.25, 0.3) is 0 Å². The lowest BCUT2D eigenvalue weighted by atomic mass is 9.93. The Morgan fingerprint density at radius 3 is 2.50 bits per heavy atom. The van der Waals surface area contributed by atoms with Crippen LogP contribution in [0, 0.1) is 18.7 Å². The quantitative estimate of drug-likeness (QED) is 0.928. The molecule has 0 amide bonds. The minimum atomic E-state index is -3.65. The molecule has 0 spiro atoms. The molecule has 1 saturated heterocycles. The summed E-state index contributed by atoms with van der Waals surface area (Å²) in [5.74, 6) is -0.414. The van der Waals surface area contributed by atoms with Crippen molar-refractivity contribution >= 4 is 10.0 Å². The molecule has 0 saturated carbocycles. The first-order valence-electron chi connectivity index (χ1n) is 6.76. The van der Waals surface area contributed by atoms with Crippen molar-refractivity contribution in [1.82, 2.24) is 4.31 Å². The van der Waals surface area contributed by atoms with Gasteiger partial charge in [0.25, 0.3) is 0 Å². The highest BCUT2D eigenvalue weighted by Crippen LogP contribution is 2.27. The maximum Gasteiger partial charge on any atom is 0.243 e. The van der Waals surface area contributed by atoms with E-state index < -0.39 is 21.9 Å². The van der Waals surface area contributed by atoms with Crippen LogP contribution in [0.1, 0.15) is 25.3 Å². The van der Waals surface area contributed by atoms with E-state index in [2.05, 4.69) is 0 Å². The Balaban J connectivity index is 2.22. The molecule has 20 heavy (non-hydrogen) atoms. The van der Waals surface area contributed by atoms with Gasteiger partial charge in [-0.1, -0.05) is 6.07 Å². The standard InChI is InChI=1S/C14H20FNO3S/c1-10-3-4-13(15)9-14(10)20(18,19)16-7-5-12(6-8-16)11(2)17/h3-4,9,11-12,17H,5-8H2,1-2H3. The van der Waals surface area contributed by atoms with Gasteiger partial charge < -0.3 is 5.11 Å². The van der Waals surface area contributed by atoms with E-state index in [4.69, 9.17) is 0 Å². The molecule has 1 N–H and O–H groups in total. The van der Waals surface area contributed by atoms with Gasteiger partial charge in [0.15, 0.2) is 0 Å². The number of aliphatic hydroxyl groups is 1. The summed E-state index contributed by atoms with van der Waals surface area (Å²) >= 11 is 0. The number of hydrogen-bond donors (Lipinski definition) is 1. The molecule has 0 aromatic heterocycles. The van der Waals surface area contributed by atoms with Crippen molar-refractivity contribution < 1.29 is 17.9 Å². The van der Waals surface area contributed by atoms with E-state index in [0.29, 0.717) is 31.5 Å². The zero-order valence-electron chi connectivity index (χ0n) is 11.7. The second-order valence-electron chi connectivity index (χ2n) is 5.39. The van der Waals surface area contributed by atoms with E-state index in [0.717, 1.165) is 6.07 Å². The summed E-state index contributed by atoms with van der Waals surface area (Å²) in [7, 11) is -3.65. The molecule has 0 radical (unpaired) electrons. The maximum atomic E-state index is 13.3. The van der Waals surface area contributed by atoms with Crippen molar-refractivity contribution in [3.63, 3.8) is 0 Å². The lowest BCUT2D eigenvalue weighted by molar-refractivity contribution is 0.0912. The number of sulfonamides is 1. The first kappa shape index (κ1) is 15.4. The largest absolute Gasteiger partial charge is 0.393 e. The van der Waals surface area contributed by atoms with Crippen LogP contribution in [-0.4, -0.2) is 37.0 Å². The molecule has 1 aromatic carbocycles. The fraction of sp³-hybridized carbons (Fsp3) is 0.571. The minimum Gasteiger partial charge on any atom is -0.393 e. The normalized spacial score (nSPS) is 20.0. The van der Waals surface area contributed by atoms with Crippen LogP contribution in [0.15, 0.2) is 23.1 Å². The lowest BCUT2D eigenvalue weighted by Gasteiger charge is -2.32. The van der Waals surface area contributed by atoms with Crippen molar-refractivity contribution in [2.75, 3.05) is 13.1 Å². The molecule has 4 nitrogen and oxygen atoms in total. The van der Waals surface area contributed by atoms with Crippen LogP contribution in [0.3, 0.4) is 0 Å². The number of hydrogen-bond acceptors (Lipinski definition) is 3. The smallest absolute Gasteiger partial charge is 0.243 e. The molecule has 0 aliphatic carbocycles. The summed E-state index contributed by atoms with van der Waals surface area (Å²) in [5.41, 5.74) is 0.545. The van der Waals surface area contributed by atoms with Crippen LogP contribution in [-0.2, 0) is 10.0 Å². The number of piperidine rings is 1. The summed E-state index contributed by atoms with van der Waals surface area (Å²) in [6.45, 7) is 4.13. The van der Waals surface area contributed by atoms with Gasteiger partial charge in [-0.25, -0.2) is 12.8 Å². The van der Waals surface area contributed by atoms with E-state index in [1.165, 1.54) is 16.4 Å². The van der Waals surface area contributed by atoms with Crippen LogP contribution >= 0.6 is 0 Å². The Morgan fingerprint density at radius 1 is 1.35 bits per heavy atom. The third-order valence-corrected chi connectivity index (χ3v) is 5.99. The highest BCUT2D eigenvalue weighted by molar-refractivity contribution is 7.89. The van der Waals surface area contributed by atoms with E-state index in [-0.39, 0.29) is 10.8 Å². The first-order chi connectivity index (χ1) is 9.32. The average Bonchev–Trinajstić information content (AvgIpc) is 2.41. The molecule has 1 aliphatic rings. The Hall–Kier alpha value is -0.980. The summed E-state index contributed by atoms with van der Waals surface area (Å²) in [6, 6.07) is 3.81. The van der Waals surface area contributed by atoms with Gasteiger partial charge in [0.05, 0.1) is 11.0 Å². The van der Waals surface area contributed by atoms with E-state index in [1.54, 1.807) is 13.8 Å². The van der Waals surface area contributed by atoms with E-state index in [9.17, 15) is 17.9 Å². The number of halogens is 1. The summed E-state index contributed by atoms with van der Waals surface area (Å²) in [6.07, 6.45) is 0.840. The zero-order valence-corrected chi connectivity index (χ0v) is 12.5. The Morgan fingerprint density at radius 2 is 1.95 bits per heavy atom. The molecular weight excluding hydrogens is 281 g/mol. The monoisotopic (exact) mass is 301 g/mol. The molecule has 2 rings (SSSR count). The SMILES string of the molecule is Cc1ccc(F)cc1S(=O)(=O)N1CCC(C(C)O)CC1. The molecule has 1 fully saturated rings. The third-order valence-electron chi connectivity index (χ3n) is 3.95. The Kier molecular flexibility index (Phi) is 4.46. The fourth-order valence-corrected chi connectivity index (χ4v) is 4.30. The number of aliphatic hydroxyl groups excluding tert-OH is 1. The molecule has 1 aliphatic heterocycles. The minimum absolute atomic E-state index is 0.0352. The number of benzene rings is 1. The lowest BCUT2D eigenvalue weighted by Crippen LogP contribution is -2.40. The maximum absolute atomic E-state index is 13.3. The summed E-state index contributed by atoms with van der Waals surface area (Å²) in [4.78, 5) is 0.0352. The number of nitrogens with zero attached hydrogens (tertiary/aromatic N) is 1. The summed E-state index contributed by atoms with van der Waals surface area (Å²) in [5, 5.41) is 9.55. The second kappa shape index (κ2) is 5.79.